The van der Waals surface area contributed by atoms with Gasteiger partial charge in [-0.05, 0) is 58.7 Å². The maximum absolute atomic E-state index is 13.1. The number of sulfone groups is 1. The zero-order valence-electron chi connectivity index (χ0n) is 22.2. The van der Waals surface area contributed by atoms with Crippen LogP contribution >= 0.6 is 23.2 Å². The lowest BCUT2D eigenvalue weighted by Gasteiger charge is -2.41. The first-order valence-electron chi connectivity index (χ1n) is 13.0. The van der Waals surface area contributed by atoms with E-state index < -0.39 is 9.84 Å². The standard InChI is InChI=1S/C30H31Cl2N3O4S/c1-39-30(36)34-15-13-33(14-16-34)28-4-2-3-22(17-28)20-40(37,38)21-23-18-35(19-23)29(24-5-9-26(31)10-6-24)25-7-11-27(32)12-8-25/h2-12,17,21,29H,13-16,18-20H2,1H3. The van der Waals surface area contributed by atoms with Gasteiger partial charge in [0.15, 0.2) is 9.84 Å². The Kier molecular flexibility index (Phi) is 8.71. The molecule has 0 saturated carbocycles. The summed E-state index contributed by atoms with van der Waals surface area (Å²) in [4.78, 5) is 17.8. The number of amides is 1. The molecule has 0 unspecified atom stereocenters. The van der Waals surface area contributed by atoms with Gasteiger partial charge in [-0.25, -0.2) is 13.2 Å². The number of carbonyl (C=O) groups excluding carboxylic acids is 1. The van der Waals surface area contributed by atoms with Gasteiger partial charge in [0.25, 0.3) is 0 Å². The lowest BCUT2D eigenvalue weighted by Crippen LogP contribution is -2.48. The van der Waals surface area contributed by atoms with Crippen LogP contribution in [-0.2, 0) is 20.3 Å². The average molecular weight is 601 g/mol. The molecule has 0 radical (unpaired) electrons. The molecule has 40 heavy (non-hydrogen) atoms. The second-order valence-electron chi connectivity index (χ2n) is 10.1. The van der Waals surface area contributed by atoms with Crippen molar-refractivity contribution in [3.63, 3.8) is 0 Å². The van der Waals surface area contributed by atoms with Crippen molar-refractivity contribution in [2.24, 2.45) is 0 Å². The van der Waals surface area contributed by atoms with Crippen LogP contribution < -0.4 is 4.90 Å². The molecule has 5 rings (SSSR count). The van der Waals surface area contributed by atoms with Crippen LogP contribution in [0.5, 0.6) is 0 Å². The second kappa shape index (κ2) is 12.2. The fraction of sp³-hybridized carbons (Fsp3) is 0.300. The molecule has 2 fully saturated rings. The second-order valence-corrected chi connectivity index (χ2v) is 12.8. The number of likely N-dealkylation sites (tertiary alicyclic amines) is 1. The van der Waals surface area contributed by atoms with Crippen molar-refractivity contribution in [2.75, 3.05) is 51.3 Å². The van der Waals surface area contributed by atoms with Crippen molar-refractivity contribution in [1.82, 2.24) is 9.80 Å². The maximum Gasteiger partial charge on any atom is 0.409 e. The minimum atomic E-state index is -3.47. The molecule has 0 bridgehead atoms. The molecule has 3 aromatic rings. The van der Waals surface area contributed by atoms with Crippen LogP contribution in [0.25, 0.3) is 0 Å². The van der Waals surface area contributed by atoms with E-state index in [4.69, 9.17) is 27.9 Å². The van der Waals surface area contributed by atoms with Crippen molar-refractivity contribution in [2.45, 2.75) is 11.8 Å². The Morgan fingerprint density at radius 2 is 1.48 bits per heavy atom. The van der Waals surface area contributed by atoms with Crippen LogP contribution in [0, 0.1) is 0 Å². The number of anilines is 1. The molecule has 2 aliphatic heterocycles. The number of hydrogen-bond donors (Lipinski definition) is 0. The van der Waals surface area contributed by atoms with Gasteiger partial charge in [-0.3, -0.25) is 4.90 Å². The van der Waals surface area contributed by atoms with Gasteiger partial charge >= 0.3 is 6.09 Å². The predicted molar refractivity (Wildman–Crippen MR) is 160 cm³/mol. The molecular formula is C30H31Cl2N3O4S. The van der Waals surface area contributed by atoms with E-state index in [0.717, 1.165) is 28.0 Å². The number of ether oxygens (including phenoxy) is 1. The van der Waals surface area contributed by atoms with Gasteiger partial charge in [-0.15, -0.1) is 0 Å². The van der Waals surface area contributed by atoms with Gasteiger partial charge in [0.1, 0.15) is 0 Å². The van der Waals surface area contributed by atoms with Gasteiger partial charge in [0.2, 0.25) is 0 Å². The van der Waals surface area contributed by atoms with Crippen molar-refractivity contribution in [3.8, 4) is 0 Å². The lowest BCUT2D eigenvalue weighted by atomic mass is 9.93. The highest BCUT2D eigenvalue weighted by Crippen LogP contribution is 2.35. The normalized spacial score (nSPS) is 16.1. The Bertz CT molecular complexity index is 1430. The summed E-state index contributed by atoms with van der Waals surface area (Å²) in [7, 11) is -2.09. The van der Waals surface area contributed by atoms with Crippen LogP contribution in [0.4, 0.5) is 10.5 Å². The first-order chi connectivity index (χ1) is 19.2. The largest absolute Gasteiger partial charge is 0.453 e. The third-order valence-electron chi connectivity index (χ3n) is 7.25. The average Bonchev–Trinajstić information content (AvgIpc) is 2.93. The summed E-state index contributed by atoms with van der Waals surface area (Å²) in [6.07, 6.45) is -0.324. The SMILES string of the molecule is COC(=O)N1CCN(c2cccc(CS(=O)(=O)C=C3CN(C(c4ccc(Cl)cc4)c4ccc(Cl)cc4)C3)c2)CC1. The van der Waals surface area contributed by atoms with Crippen LogP contribution in [0.3, 0.4) is 0 Å². The predicted octanol–water partition coefficient (Wildman–Crippen LogP) is 5.79. The molecule has 0 N–H and O–H groups in total. The van der Waals surface area contributed by atoms with E-state index in [1.165, 1.54) is 12.5 Å². The number of rotatable bonds is 7. The summed E-state index contributed by atoms with van der Waals surface area (Å²) in [6, 6.07) is 23.1. The Balaban J connectivity index is 1.25. The van der Waals surface area contributed by atoms with Crippen molar-refractivity contribution in [3.05, 3.63) is 111 Å². The lowest BCUT2D eigenvalue weighted by molar-refractivity contribution is 0.121. The van der Waals surface area contributed by atoms with E-state index in [-0.39, 0.29) is 17.9 Å². The number of piperazine rings is 1. The Hall–Kier alpha value is -3.04. The van der Waals surface area contributed by atoms with Crippen LogP contribution in [-0.4, -0.2) is 70.7 Å². The summed E-state index contributed by atoms with van der Waals surface area (Å²) in [5.41, 5.74) is 4.73. The summed E-state index contributed by atoms with van der Waals surface area (Å²) in [5.74, 6) is -0.0652. The quantitative estimate of drug-likeness (QED) is 0.342. The summed E-state index contributed by atoms with van der Waals surface area (Å²) in [5, 5.41) is 2.77. The van der Waals surface area contributed by atoms with Gasteiger partial charge < -0.3 is 14.5 Å². The molecule has 0 aromatic heterocycles. The number of hydrogen-bond acceptors (Lipinski definition) is 6. The fourth-order valence-corrected chi connectivity index (χ4v) is 6.92. The van der Waals surface area contributed by atoms with E-state index in [0.29, 0.717) is 49.3 Å². The fourth-order valence-electron chi connectivity index (χ4n) is 5.28. The van der Waals surface area contributed by atoms with E-state index in [1.54, 1.807) is 4.90 Å². The minimum Gasteiger partial charge on any atom is -0.453 e. The van der Waals surface area contributed by atoms with Gasteiger partial charge in [-0.1, -0.05) is 59.6 Å². The smallest absolute Gasteiger partial charge is 0.409 e. The van der Waals surface area contributed by atoms with Gasteiger partial charge in [0, 0.05) is 60.4 Å². The Labute approximate surface area is 245 Å². The molecule has 7 nitrogen and oxygen atoms in total. The molecule has 10 heteroatoms. The summed E-state index contributed by atoms with van der Waals surface area (Å²) in [6.45, 7) is 3.55. The summed E-state index contributed by atoms with van der Waals surface area (Å²) < 4.78 is 31.1. The number of halogens is 2. The monoisotopic (exact) mass is 599 g/mol. The maximum atomic E-state index is 13.1. The molecule has 210 valence electrons. The molecule has 2 heterocycles. The van der Waals surface area contributed by atoms with E-state index in [9.17, 15) is 13.2 Å². The highest BCUT2D eigenvalue weighted by Gasteiger charge is 2.31. The number of methoxy groups -OCH3 is 1. The summed E-state index contributed by atoms with van der Waals surface area (Å²) >= 11 is 12.2. The molecule has 2 saturated heterocycles. The first-order valence-corrected chi connectivity index (χ1v) is 15.5. The third-order valence-corrected chi connectivity index (χ3v) is 9.18. The number of nitrogens with zero attached hydrogens (tertiary/aromatic N) is 3. The molecule has 0 atom stereocenters. The van der Waals surface area contributed by atoms with E-state index in [2.05, 4.69) is 9.80 Å². The van der Waals surface area contributed by atoms with Crippen molar-refractivity contribution in [1.29, 1.82) is 0 Å². The first kappa shape index (κ1) is 28.5. The number of carbonyl (C=O) groups is 1. The molecular weight excluding hydrogens is 569 g/mol. The van der Waals surface area contributed by atoms with Crippen molar-refractivity contribution >= 4 is 44.8 Å². The van der Waals surface area contributed by atoms with Gasteiger partial charge in [-0.2, -0.15) is 0 Å². The third kappa shape index (κ3) is 6.81. The van der Waals surface area contributed by atoms with E-state index >= 15 is 0 Å². The van der Waals surface area contributed by atoms with Crippen molar-refractivity contribution < 1.29 is 17.9 Å². The van der Waals surface area contributed by atoms with Crippen LogP contribution in [0.1, 0.15) is 22.7 Å². The molecule has 0 aliphatic carbocycles. The number of benzene rings is 3. The minimum absolute atomic E-state index is 0.0364. The topological polar surface area (TPSA) is 70.2 Å². The Morgan fingerprint density at radius 1 is 0.900 bits per heavy atom. The zero-order chi connectivity index (χ0) is 28.3. The highest BCUT2D eigenvalue weighted by atomic mass is 35.5. The van der Waals surface area contributed by atoms with E-state index in [1.807, 2.05) is 72.8 Å². The Morgan fingerprint density at radius 3 is 2.02 bits per heavy atom. The zero-order valence-corrected chi connectivity index (χ0v) is 24.5. The molecule has 2 aliphatic rings. The molecule has 3 aromatic carbocycles. The van der Waals surface area contributed by atoms with Gasteiger partial charge in [0.05, 0.1) is 18.9 Å². The highest BCUT2D eigenvalue weighted by molar-refractivity contribution is 7.93. The molecule has 1 amide bonds. The van der Waals surface area contributed by atoms with Crippen LogP contribution in [0.2, 0.25) is 10.0 Å². The molecule has 0 spiro atoms. The van der Waals surface area contributed by atoms with Crippen LogP contribution in [0.15, 0.2) is 83.8 Å².